The lowest BCUT2D eigenvalue weighted by molar-refractivity contribution is -0.140. The summed E-state index contributed by atoms with van der Waals surface area (Å²) in [6.07, 6.45) is 14.2. The predicted molar refractivity (Wildman–Crippen MR) is 114 cm³/mol. The van der Waals surface area contributed by atoms with Gasteiger partial charge < -0.3 is 4.74 Å². The van der Waals surface area contributed by atoms with Crippen LogP contribution in [0, 0.1) is 48.2 Å². The van der Waals surface area contributed by atoms with Crippen LogP contribution in [0.25, 0.3) is 0 Å². The Morgan fingerprint density at radius 2 is 1.55 bits per heavy atom. The fourth-order valence-electron chi connectivity index (χ4n) is 6.48. The number of carbonyl (C=O) groups is 1. The SMILES string of the molecule is CCC1CCC2CC(C3CCC(C(=O)Oc4ccc(C)c(F)c4)CC3)CCC2C1. The molecule has 1 aromatic carbocycles. The summed E-state index contributed by atoms with van der Waals surface area (Å²) in [7, 11) is 0. The maximum absolute atomic E-state index is 13.7. The Kier molecular flexibility index (Phi) is 6.61. The molecule has 4 atom stereocenters. The smallest absolute Gasteiger partial charge is 0.314 e. The second-order valence-electron chi connectivity index (χ2n) is 10.1. The molecule has 0 N–H and O–H groups in total. The van der Waals surface area contributed by atoms with Crippen molar-refractivity contribution in [3.8, 4) is 5.75 Å². The molecule has 3 saturated carbocycles. The summed E-state index contributed by atoms with van der Waals surface area (Å²) >= 11 is 0. The summed E-state index contributed by atoms with van der Waals surface area (Å²) in [5, 5.41) is 0. The summed E-state index contributed by atoms with van der Waals surface area (Å²) in [5.41, 5.74) is 0.572. The zero-order valence-corrected chi connectivity index (χ0v) is 18.2. The van der Waals surface area contributed by atoms with Crippen LogP contribution in [0.5, 0.6) is 5.75 Å². The summed E-state index contributed by atoms with van der Waals surface area (Å²) in [4.78, 5) is 12.5. The van der Waals surface area contributed by atoms with Crippen molar-refractivity contribution >= 4 is 5.97 Å². The minimum Gasteiger partial charge on any atom is -0.426 e. The van der Waals surface area contributed by atoms with Gasteiger partial charge in [0.1, 0.15) is 11.6 Å². The number of hydrogen-bond acceptors (Lipinski definition) is 2. The topological polar surface area (TPSA) is 26.3 Å². The fraction of sp³-hybridized carbons (Fsp3) is 0.731. The number of aryl methyl sites for hydroxylation is 1. The van der Waals surface area contributed by atoms with Crippen molar-refractivity contribution in [2.45, 2.75) is 84.5 Å². The monoisotopic (exact) mass is 400 g/mol. The summed E-state index contributed by atoms with van der Waals surface area (Å²) < 4.78 is 19.2. The molecule has 0 aromatic heterocycles. The lowest BCUT2D eigenvalue weighted by atomic mass is 9.61. The van der Waals surface area contributed by atoms with E-state index in [4.69, 9.17) is 4.74 Å². The van der Waals surface area contributed by atoms with Gasteiger partial charge in [-0.3, -0.25) is 4.79 Å². The van der Waals surface area contributed by atoms with Crippen LogP contribution in [0.15, 0.2) is 18.2 Å². The zero-order chi connectivity index (χ0) is 20.4. The fourth-order valence-corrected chi connectivity index (χ4v) is 6.48. The van der Waals surface area contributed by atoms with Crippen LogP contribution in [-0.4, -0.2) is 5.97 Å². The van der Waals surface area contributed by atoms with E-state index in [2.05, 4.69) is 6.92 Å². The van der Waals surface area contributed by atoms with Gasteiger partial charge in [-0.05, 0) is 106 Å². The summed E-state index contributed by atoms with van der Waals surface area (Å²) in [5.74, 6) is 4.43. The molecule has 0 spiro atoms. The third kappa shape index (κ3) is 4.86. The van der Waals surface area contributed by atoms with E-state index in [0.29, 0.717) is 11.3 Å². The molecular weight excluding hydrogens is 363 g/mol. The van der Waals surface area contributed by atoms with Gasteiger partial charge in [0.05, 0.1) is 5.92 Å². The Balaban J connectivity index is 1.25. The van der Waals surface area contributed by atoms with E-state index >= 15 is 0 Å². The number of benzene rings is 1. The molecule has 4 rings (SSSR count). The maximum Gasteiger partial charge on any atom is 0.314 e. The molecule has 0 bridgehead atoms. The minimum atomic E-state index is -0.317. The zero-order valence-electron chi connectivity index (χ0n) is 18.2. The molecule has 1 aromatic rings. The molecule has 160 valence electrons. The van der Waals surface area contributed by atoms with Crippen LogP contribution in [0.2, 0.25) is 0 Å². The first-order valence-electron chi connectivity index (χ1n) is 12.0. The lowest BCUT2D eigenvalue weighted by Crippen LogP contribution is -2.35. The Morgan fingerprint density at radius 3 is 2.24 bits per heavy atom. The molecule has 3 aliphatic carbocycles. The maximum atomic E-state index is 13.7. The Labute approximate surface area is 175 Å². The molecule has 0 saturated heterocycles. The van der Waals surface area contributed by atoms with Crippen LogP contribution in [0.4, 0.5) is 4.39 Å². The van der Waals surface area contributed by atoms with Crippen molar-refractivity contribution in [1.82, 2.24) is 0 Å². The van der Waals surface area contributed by atoms with Gasteiger partial charge in [-0.2, -0.15) is 0 Å². The quantitative estimate of drug-likeness (QED) is 0.398. The van der Waals surface area contributed by atoms with Crippen LogP contribution < -0.4 is 4.74 Å². The molecule has 29 heavy (non-hydrogen) atoms. The molecule has 3 fully saturated rings. The highest BCUT2D eigenvalue weighted by Crippen LogP contribution is 2.49. The van der Waals surface area contributed by atoms with Crippen molar-refractivity contribution in [1.29, 1.82) is 0 Å². The van der Waals surface area contributed by atoms with Crippen molar-refractivity contribution in [2.24, 2.45) is 35.5 Å². The first-order chi connectivity index (χ1) is 14.0. The van der Waals surface area contributed by atoms with Gasteiger partial charge in [0.15, 0.2) is 0 Å². The predicted octanol–water partition coefficient (Wildman–Crippen LogP) is 7.09. The van der Waals surface area contributed by atoms with Crippen molar-refractivity contribution in [2.75, 3.05) is 0 Å². The number of fused-ring (bicyclic) bond motifs is 1. The highest BCUT2D eigenvalue weighted by Gasteiger charge is 2.39. The van der Waals surface area contributed by atoms with Crippen LogP contribution in [-0.2, 0) is 4.79 Å². The average Bonchev–Trinajstić information content (AvgIpc) is 2.75. The van der Waals surface area contributed by atoms with E-state index in [1.54, 1.807) is 19.1 Å². The standard InChI is InChI=1S/C26H37FO2/c1-3-18-5-6-23-15-22(12-11-21(23)14-18)19-7-9-20(10-8-19)26(28)29-24-13-4-17(2)25(27)16-24/h4,13,16,18-23H,3,5-12,14-15H2,1-2H3. The number of esters is 1. The van der Waals surface area contributed by atoms with E-state index < -0.39 is 0 Å². The van der Waals surface area contributed by atoms with Crippen molar-refractivity contribution in [3.63, 3.8) is 0 Å². The van der Waals surface area contributed by atoms with Crippen LogP contribution in [0.3, 0.4) is 0 Å². The van der Waals surface area contributed by atoms with Gasteiger partial charge >= 0.3 is 5.97 Å². The van der Waals surface area contributed by atoms with Crippen molar-refractivity contribution in [3.05, 3.63) is 29.6 Å². The number of ether oxygens (including phenoxy) is 1. The highest BCUT2D eigenvalue weighted by molar-refractivity contribution is 5.75. The third-order valence-electron chi connectivity index (χ3n) is 8.47. The van der Waals surface area contributed by atoms with E-state index in [-0.39, 0.29) is 17.7 Å². The molecule has 0 radical (unpaired) electrons. The highest BCUT2D eigenvalue weighted by atomic mass is 19.1. The Hall–Kier alpha value is -1.38. The van der Waals surface area contributed by atoms with E-state index in [1.807, 2.05) is 0 Å². The van der Waals surface area contributed by atoms with E-state index in [1.165, 1.54) is 51.0 Å². The van der Waals surface area contributed by atoms with Crippen molar-refractivity contribution < 1.29 is 13.9 Å². The number of halogens is 1. The molecule has 4 unspecified atom stereocenters. The summed E-state index contributed by atoms with van der Waals surface area (Å²) in [6, 6.07) is 4.68. The average molecular weight is 401 g/mol. The Bertz CT molecular complexity index is 707. The molecule has 3 aliphatic rings. The third-order valence-corrected chi connectivity index (χ3v) is 8.47. The number of hydrogen-bond donors (Lipinski definition) is 0. The molecule has 2 nitrogen and oxygen atoms in total. The largest absolute Gasteiger partial charge is 0.426 e. The Morgan fingerprint density at radius 1 is 0.931 bits per heavy atom. The molecular formula is C26H37FO2. The van der Waals surface area contributed by atoms with Gasteiger partial charge in [-0.15, -0.1) is 0 Å². The van der Waals surface area contributed by atoms with Gasteiger partial charge in [-0.25, -0.2) is 4.39 Å². The first-order valence-corrected chi connectivity index (χ1v) is 12.0. The molecule has 0 heterocycles. The van der Waals surface area contributed by atoms with Crippen LogP contribution in [0.1, 0.15) is 83.1 Å². The summed E-state index contributed by atoms with van der Waals surface area (Å²) in [6.45, 7) is 4.07. The normalized spacial score (nSPS) is 35.0. The number of carbonyl (C=O) groups excluding carboxylic acids is 1. The molecule has 3 heteroatoms. The number of rotatable bonds is 4. The first kappa shape index (κ1) is 20.9. The second-order valence-corrected chi connectivity index (χ2v) is 10.1. The van der Waals surface area contributed by atoms with Gasteiger partial charge in [0, 0.05) is 6.07 Å². The van der Waals surface area contributed by atoms with Crippen LogP contribution >= 0.6 is 0 Å². The molecule has 0 amide bonds. The van der Waals surface area contributed by atoms with Gasteiger partial charge in [0.2, 0.25) is 0 Å². The van der Waals surface area contributed by atoms with E-state index in [9.17, 15) is 9.18 Å². The van der Waals surface area contributed by atoms with Gasteiger partial charge in [-0.1, -0.05) is 25.8 Å². The minimum absolute atomic E-state index is 0.0213. The van der Waals surface area contributed by atoms with Gasteiger partial charge in [0.25, 0.3) is 0 Å². The van der Waals surface area contributed by atoms with E-state index in [0.717, 1.165) is 55.3 Å². The second kappa shape index (κ2) is 9.18. The lowest BCUT2D eigenvalue weighted by Gasteiger charge is -2.45. The molecule has 0 aliphatic heterocycles.